The minimum Gasteiger partial charge on any atom is -0.477 e. The number of nitrogens with one attached hydrogen (secondary N) is 4. The molecule has 6 heterocycles. The SMILES string of the molecule is CC(=O)N[C@H]1[C@H](OC[C@H]2OC(O)[C@H](NC(C)=O)[C@@H](O[C@@H]3O[C@H](CO)[C@H](O)[C@H](O[C@]4(C(=O)O)C[C@H](O)[C@@H](NC(C)=O)[C@H]([C@H](O)[C@H](O)CO)O4)[C@H]3O)[C@H]2O)O[C@H](CO)[C@@H](O[C@@H]2O[C@H](CO)[C@H](O)[C@H](O[C@]3(C(=O)O)C[C@H](O)[C@@H](NC(C)=O)[C@H]([C@H](O)[C@H](O)CO)O3)[C@H]2O)[C@@H]1O. The molecule has 6 aliphatic rings. The van der Waals surface area contributed by atoms with Gasteiger partial charge in [0.1, 0.15) is 134 Å². The molecule has 0 aromatic rings. The first kappa shape index (κ1) is 75.7. The third-order valence-corrected chi connectivity index (χ3v) is 16.0. The van der Waals surface area contributed by atoms with Gasteiger partial charge in [-0.3, -0.25) is 19.2 Å². The summed E-state index contributed by atoms with van der Waals surface area (Å²) >= 11 is 0. The highest BCUT2D eigenvalue weighted by molar-refractivity contribution is 5.78. The Morgan fingerprint density at radius 3 is 1.19 bits per heavy atom. The van der Waals surface area contributed by atoms with E-state index in [-0.39, 0.29) is 0 Å². The molecule has 0 radical (unpaired) electrons. The first-order chi connectivity index (χ1) is 42.6. The predicted molar refractivity (Wildman–Crippen MR) is 280 cm³/mol. The molecule has 0 aliphatic carbocycles. The summed E-state index contributed by atoms with van der Waals surface area (Å²) < 4.78 is 63.0. The zero-order valence-corrected chi connectivity index (χ0v) is 48.9. The van der Waals surface area contributed by atoms with Crippen LogP contribution in [0.5, 0.6) is 0 Å². The van der Waals surface area contributed by atoms with Crippen molar-refractivity contribution in [2.75, 3.05) is 39.6 Å². The van der Waals surface area contributed by atoms with Crippen LogP contribution in [0, 0.1) is 0 Å². The van der Waals surface area contributed by atoms with Gasteiger partial charge in [-0.2, -0.15) is 0 Å². The van der Waals surface area contributed by atoms with Gasteiger partial charge in [0.05, 0.1) is 63.9 Å². The van der Waals surface area contributed by atoms with Gasteiger partial charge in [0, 0.05) is 40.5 Å². The van der Waals surface area contributed by atoms with E-state index in [1.165, 1.54) is 0 Å². The zero-order valence-electron chi connectivity index (χ0n) is 48.9. The van der Waals surface area contributed by atoms with Crippen LogP contribution in [0.2, 0.25) is 0 Å². The molecule has 32 atom stereocenters. The molecular weight excluding hydrogens is 1250 g/mol. The molecule has 91 heavy (non-hydrogen) atoms. The van der Waals surface area contributed by atoms with Gasteiger partial charge in [0.15, 0.2) is 25.2 Å². The van der Waals surface area contributed by atoms with Crippen LogP contribution >= 0.6 is 0 Å². The van der Waals surface area contributed by atoms with Crippen LogP contribution in [0.3, 0.4) is 0 Å². The van der Waals surface area contributed by atoms with E-state index in [9.17, 15) is 131 Å². The highest BCUT2D eigenvalue weighted by Crippen LogP contribution is 2.41. The maximum Gasteiger partial charge on any atom is 0.364 e. The monoisotopic (exact) mass is 1330 g/mol. The molecule has 6 fully saturated rings. The first-order valence-electron chi connectivity index (χ1n) is 28.3. The van der Waals surface area contributed by atoms with Crippen molar-refractivity contribution in [1.82, 2.24) is 21.3 Å². The standard InChI is InChI=1S/C50H82N4O37/c1-13(60)51-25-17(64)5-49(47(77)78,88-39(25)29(68)19(66)7-55)90-41-31(70)21(9-57)83-45(35(41)74)86-37-23(11-59)85-44(27(34(37)73)53-15(3)62)81-12-24-33(72)38(28(43(76)82-24)54-16(4)63)87-46-36(75)42(32(71)22(10-58)84-46)91-50(48(79)80)6-18(65)26(52-14(2)61)40(89-50)30(69)20(67)8-56/h17-46,55-59,64-76H,5-12H2,1-4H3,(H,51,60)(H,52,61)(H,53,62)(H,54,63)(H,77,78)(H,79,80)/t17-,18-,19+,20+,21+,22+,23+,24+,25+,26+,27+,28+,29+,30+,31-,32-,33-,34+,35+,36+,37+,38+,39+,40+,41-,42-,43?,44+,45-,46-,49-,50-/m0/s1. The summed E-state index contributed by atoms with van der Waals surface area (Å²) in [6.45, 7) is -2.91. The van der Waals surface area contributed by atoms with Crippen LogP contribution < -0.4 is 21.3 Å². The maximum absolute atomic E-state index is 13.1. The predicted octanol–water partition coefficient (Wildman–Crippen LogP) is -15.1. The minimum atomic E-state index is -3.24. The molecule has 0 bridgehead atoms. The van der Waals surface area contributed by atoms with Crippen molar-refractivity contribution in [2.24, 2.45) is 0 Å². The van der Waals surface area contributed by atoms with Gasteiger partial charge in [0.2, 0.25) is 23.6 Å². The Bertz CT molecular complexity index is 2450. The summed E-state index contributed by atoms with van der Waals surface area (Å²) in [5.41, 5.74) is 0. The summed E-state index contributed by atoms with van der Waals surface area (Å²) in [5, 5.41) is 227. The van der Waals surface area contributed by atoms with E-state index in [1.807, 2.05) is 0 Å². The van der Waals surface area contributed by atoms with Gasteiger partial charge >= 0.3 is 11.9 Å². The number of amides is 4. The van der Waals surface area contributed by atoms with Crippen LogP contribution in [-0.2, 0) is 80.9 Å². The van der Waals surface area contributed by atoms with Crippen molar-refractivity contribution >= 4 is 35.6 Å². The third kappa shape index (κ3) is 16.8. The van der Waals surface area contributed by atoms with Crippen LogP contribution in [-0.4, -0.2) is 373 Å². The number of aliphatic hydroxyl groups is 18. The molecule has 24 N–H and O–H groups in total. The van der Waals surface area contributed by atoms with E-state index >= 15 is 0 Å². The lowest BCUT2D eigenvalue weighted by molar-refractivity contribution is -0.385. The van der Waals surface area contributed by atoms with Crippen molar-refractivity contribution in [3.63, 3.8) is 0 Å². The molecule has 41 nitrogen and oxygen atoms in total. The first-order valence-corrected chi connectivity index (χ1v) is 28.3. The van der Waals surface area contributed by atoms with Gasteiger partial charge in [-0.05, 0) is 0 Å². The van der Waals surface area contributed by atoms with Crippen LogP contribution in [0.15, 0.2) is 0 Å². The number of hydrogen-bond donors (Lipinski definition) is 24. The maximum atomic E-state index is 13.1. The van der Waals surface area contributed by atoms with Crippen LogP contribution in [0.4, 0.5) is 0 Å². The van der Waals surface area contributed by atoms with Gasteiger partial charge in [-0.25, -0.2) is 9.59 Å². The summed E-state index contributed by atoms with van der Waals surface area (Å²) in [4.78, 5) is 75.5. The molecular formula is C50H82N4O37. The summed E-state index contributed by atoms with van der Waals surface area (Å²) in [5.74, 6) is -14.2. The van der Waals surface area contributed by atoms with E-state index in [0.717, 1.165) is 27.7 Å². The fourth-order valence-corrected chi connectivity index (χ4v) is 11.4. The van der Waals surface area contributed by atoms with E-state index in [2.05, 4.69) is 21.3 Å². The fourth-order valence-electron chi connectivity index (χ4n) is 11.4. The largest absolute Gasteiger partial charge is 0.477 e. The second kappa shape index (κ2) is 31.9. The van der Waals surface area contributed by atoms with Crippen LogP contribution in [0.1, 0.15) is 40.5 Å². The normalized spacial score (nSPS) is 43.5. The van der Waals surface area contributed by atoms with Crippen molar-refractivity contribution < 1.29 is 183 Å². The van der Waals surface area contributed by atoms with Gasteiger partial charge in [-0.15, -0.1) is 0 Å². The molecule has 6 aliphatic heterocycles. The van der Waals surface area contributed by atoms with Gasteiger partial charge in [0.25, 0.3) is 11.6 Å². The van der Waals surface area contributed by atoms with E-state index in [1.54, 1.807) is 0 Å². The number of carbonyl (C=O) groups excluding carboxylic acids is 4. The number of hydrogen-bond acceptors (Lipinski definition) is 35. The Balaban J connectivity index is 1.23. The molecule has 41 heteroatoms. The van der Waals surface area contributed by atoms with E-state index in [4.69, 9.17) is 52.1 Å². The molecule has 0 aromatic heterocycles. The Hall–Kier alpha value is -4.34. The number of rotatable bonds is 26. The van der Waals surface area contributed by atoms with Crippen molar-refractivity contribution in [3.05, 3.63) is 0 Å². The number of carbonyl (C=O) groups is 6. The Morgan fingerprint density at radius 1 is 0.451 bits per heavy atom. The highest BCUT2D eigenvalue weighted by Gasteiger charge is 2.63. The quantitative estimate of drug-likeness (QED) is 0.0382. The smallest absolute Gasteiger partial charge is 0.364 e. The number of carboxylic acids is 2. The lowest BCUT2D eigenvalue weighted by atomic mass is 9.88. The van der Waals surface area contributed by atoms with Crippen molar-refractivity contribution in [2.45, 2.75) is 236 Å². The van der Waals surface area contributed by atoms with E-state index in [0.29, 0.717) is 0 Å². The molecule has 6 saturated heterocycles. The number of ether oxygens (including phenoxy) is 11. The Morgan fingerprint density at radius 2 is 0.813 bits per heavy atom. The number of carboxylic acid groups (broad SMARTS) is 2. The topological polar surface area (TPSA) is 657 Å². The Kier molecular flexibility index (Phi) is 26.6. The summed E-state index contributed by atoms with van der Waals surface area (Å²) in [7, 11) is 0. The average Bonchev–Trinajstić information content (AvgIpc) is 0.773. The Labute approximate surface area is 514 Å². The molecule has 0 saturated carbocycles. The van der Waals surface area contributed by atoms with Gasteiger partial charge in [-0.1, -0.05) is 0 Å². The lowest BCUT2D eigenvalue weighted by Crippen LogP contribution is -2.71. The second-order valence-corrected chi connectivity index (χ2v) is 22.6. The molecule has 0 spiro atoms. The van der Waals surface area contributed by atoms with Crippen LogP contribution in [0.25, 0.3) is 0 Å². The molecule has 1 unspecified atom stereocenters. The fraction of sp³-hybridized carbons (Fsp3) is 0.880. The molecule has 6 rings (SSSR count). The average molecular weight is 1330 g/mol. The third-order valence-electron chi connectivity index (χ3n) is 16.0. The molecule has 4 amide bonds. The zero-order chi connectivity index (χ0) is 68.0. The number of aliphatic carboxylic acids is 2. The second-order valence-electron chi connectivity index (χ2n) is 22.6. The summed E-state index contributed by atoms with van der Waals surface area (Å²) in [6, 6.07) is -7.07. The van der Waals surface area contributed by atoms with Crippen molar-refractivity contribution in [1.29, 1.82) is 0 Å². The summed E-state index contributed by atoms with van der Waals surface area (Å²) in [6.07, 6.45) is -58.0. The van der Waals surface area contributed by atoms with E-state index < -0.39 is 283 Å². The van der Waals surface area contributed by atoms with Gasteiger partial charge < -0.3 is 176 Å². The molecule has 524 valence electrons. The number of aliphatic hydroxyl groups excluding tert-OH is 18. The van der Waals surface area contributed by atoms with Crippen molar-refractivity contribution in [3.8, 4) is 0 Å². The minimum absolute atomic E-state index is 0.840. The molecule has 0 aromatic carbocycles. The lowest BCUT2D eigenvalue weighted by Gasteiger charge is -2.51. The highest BCUT2D eigenvalue weighted by atomic mass is 16.8.